The summed E-state index contributed by atoms with van der Waals surface area (Å²) < 4.78 is 5.21. The molecule has 1 saturated heterocycles. The van der Waals surface area contributed by atoms with Gasteiger partial charge in [-0.3, -0.25) is 9.69 Å². The second kappa shape index (κ2) is 5.61. The number of aliphatic hydroxyl groups is 1. The van der Waals surface area contributed by atoms with Crippen molar-refractivity contribution < 1.29 is 14.6 Å². The van der Waals surface area contributed by atoms with Crippen LogP contribution in [0.4, 0.5) is 0 Å². The van der Waals surface area contributed by atoms with E-state index in [0.29, 0.717) is 45.4 Å². The van der Waals surface area contributed by atoms with Crippen molar-refractivity contribution >= 4 is 5.91 Å². The normalized spacial score (nSPS) is 21.5. The van der Waals surface area contributed by atoms with Crippen LogP contribution in [0.3, 0.4) is 0 Å². The fraction of sp³-hybridized carbons (Fsp3) is 0.909. The highest BCUT2D eigenvalue weighted by Gasteiger charge is 2.31. The number of amides is 1. The summed E-state index contributed by atoms with van der Waals surface area (Å²) in [6, 6.07) is 0.525. The Bertz CT molecular complexity index is 237. The molecule has 0 aromatic heterocycles. The Balaban J connectivity index is 1.79. The summed E-state index contributed by atoms with van der Waals surface area (Å²) in [5.41, 5.74) is 0. The number of nitrogens with zero attached hydrogens (tertiary/aromatic N) is 2. The van der Waals surface area contributed by atoms with E-state index in [-0.39, 0.29) is 12.5 Å². The van der Waals surface area contributed by atoms with Crippen LogP contribution >= 0.6 is 0 Å². The molecule has 1 amide bonds. The number of carbonyl (C=O) groups excluding carboxylic acids is 1. The van der Waals surface area contributed by atoms with Gasteiger partial charge in [0.15, 0.2) is 0 Å². The van der Waals surface area contributed by atoms with Crippen molar-refractivity contribution in [3.8, 4) is 0 Å². The minimum Gasteiger partial charge on any atom is -0.395 e. The van der Waals surface area contributed by atoms with Crippen molar-refractivity contribution in [2.45, 2.75) is 18.9 Å². The molecule has 0 aromatic carbocycles. The third-order valence-corrected chi connectivity index (χ3v) is 3.15. The Morgan fingerprint density at radius 3 is 2.62 bits per heavy atom. The SMILES string of the molecule is O=C(CN(CCO)C1CC1)N1CCOCC1. The van der Waals surface area contributed by atoms with Gasteiger partial charge in [0.25, 0.3) is 0 Å². The number of morpholine rings is 1. The summed E-state index contributed by atoms with van der Waals surface area (Å²) in [4.78, 5) is 15.9. The molecule has 0 unspecified atom stereocenters. The van der Waals surface area contributed by atoms with E-state index in [1.807, 2.05) is 4.90 Å². The summed E-state index contributed by atoms with van der Waals surface area (Å²) in [5.74, 6) is 0.170. The van der Waals surface area contributed by atoms with Crippen LogP contribution in [0.1, 0.15) is 12.8 Å². The molecule has 16 heavy (non-hydrogen) atoms. The highest BCUT2D eigenvalue weighted by Crippen LogP contribution is 2.26. The van der Waals surface area contributed by atoms with Gasteiger partial charge in [-0.1, -0.05) is 0 Å². The monoisotopic (exact) mass is 228 g/mol. The maximum Gasteiger partial charge on any atom is 0.236 e. The molecule has 1 aliphatic heterocycles. The second-order valence-electron chi connectivity index (χ2n) is 4.42. The number of ether oxygens (including phenoxy) is 1. The molecule has 5 heteroatoms. The molecule has 0 spiro atoms. The van der Waals surface area contributed by atoms with E-state index in [4.69, 9.17) is 9.84 Å². The molecule has 5 nitrogen and oxygen atoms in total. The van der Waals surface area contributed by atoms with Gasteiger partial charge >= 0.3 is 0 Å². The van der Waals surface area contributed by atoms with Crippen LogP contribution in [0.15, 0.2) is 0 Å². The maximum absolute atomic E-state index is 12.0. The first kappa shape index (κ1) is 11.8. The second-order valence-corrected chi connectivity index (χ2v) is 4.42. The van der Waals surface area contributed by atoms with E-state index >= 15 is 0 Å². The first-order valence-electron chi connectivity index (χ1n) is 6.01. The molecule has 0 atom stereocenters. The predicted octanol–water partition coefficient (Wildman–Crippen LogP) is -0.698. The summed E-state index contributed by atoms with van der Waals surface area (Å²) in [5, 5.41) is 8.95. The molecule has 1 N–H and O–H groups in total. The molecular formula is C11H20N2O3. The third kappa shape index (κ3) is 3.17. The lowest BCUT2D eigenvalue weighted by Crippen LogP contribution is -2.46. The van der Waals surface area contributed by atoms with Crippen LogP contribution in [0.2, 0.25) is 0 Å². The molecule has 92 valence electrons. The number of hydrogen-bond acceptors (Lipinski definition) is 4. The lowest BCUT2D eigenvalue weighted by atomic mass is 10.3. The first-order chi connectivity index (χ1) is 7.81. The number of aliphatic hydroxyl groups excluding tert-OH is 1. The van der Waals surface area contributed by atoms with Gasteiger partial charge in [-0.15, -0.1) is 0 Å². The van der Waals surface area contributed by atoms with Crippen LogP contribution < -0.4 is 0 Å². The third-order valence-electron chi connectivity index (χ3n) is 3.15. The van der Waals surface area contributed by atoms with Gasteiger partial charge in [0, 0.05) is 25.7 Å². The molecule has 1 saturated carbocycles. The lowest BCUT2D eigenvalue weighted by molar-refractivity contribution is -0.136. The van der Waals surface area contributed by atoms with Crippen molar-refractivity contribution in [2.75, 3.05) is 46.0 Å². The van der Waals surface area contributed by atoms with Gasteiger partial charge in [-0.05, 0) is 12.8 Å². The topological polar surface area (TPSA) is 53.0 Å². The first-order valence-corrected chi connectivity index (χ1v) is 6.01. The Kier molecular flexibility index (Phi) is 4.15. The number of rotatable bonds is 5. The van der Waals surface area contributed by atoms with Crippen LogP contribution in [0, 0.1) is 0 Å². The van der Waals surface area contributed by atoms with Gasteiger partial charge < -0.3 is 14.7 Å². The van der Waals surface area contributed by atoms with Crippen molar-refractivity contribution in [1.29, 1.82) is 0 Å². The van der Waals surface area contributed by atoms with E-state index < -0.39 is 0 Å². The van der Waals surface area contributed by atoms with Crippen LogP contribution in [-0.4, -0.2) is 72.9 Å². The molecular weight excluding hydrogens is 208 g/mol. The van der Waals surface area contributed by atoms with E-state index in [9.17, 15) is 4.79 Å². The van der Waals surface area contributed by atoms with Crippen molar-refractivity contribution in [3.63, 3.8) is 0 Å². The largest absolute Gasteiger partial charge is 0.395 e. The molecule has 2 fully saturated rings. The van der Waals surface area contributed by atoms with Crippen LogP contribution in [0.25, 0.3) is 0 Å². The smallest absolute Gasteiger partial charge is 0.236 e. The van der Waals surface area contributed by atoms with Gasteiger partial charge in [-0.2, -0.15) is 0 Å². The maximum atomic E-state index is 12.0. The highest BCUT2D eigenvalue weighted by atomic mass is 16.5. The predicted molar refractivity (Wildman–Crippen MR) is 59.1 cm³/mol. The Morgan fingerprint density at radius 2 is 2.06 bits per heavy atom. The molecule has 2 aliphatic rings. The van der Waals surface area contributed by atoms with Gasteiger partial charge in [-0.25, -0.2) is 0 Å². The number of hydrogen-bond donors (Lipinski definition) is 1. The Hall–Kier alpha value is -0.650. The molecule has 1 heterocycles. The fourth-order valence-corrected chi connectivity index (χ4v) is 2.05. The zero-order valence-electron chi connectivity index (χ0n) is 9.60. The van der Waals surface area contributed by atoms with Crippen molar-refractivity contribution in [3.05, 3.63) is 0 Å². The van der Waals surface area contributed by atoms with Gasteiger partial charge in [0.1, 0.15) is 0 Å². The summed E-state index contributed by atoms with van der Waals surface area (Å²) in [6.45, 7) is 3.90. The molecule has 2 rings (SSSR count). The van der Waals surface area contributed by atoms with E-state index in [2.05, 4.69) is 4.90 Å². The Labute approximate surface area is 96.0 Å². The van der Waals surface area contributed by atoms with Gasteiger partial charge in [0.2, 0.25) is 5.91 Å². The zero-order valence-corrected chi connectivity index (χ0v) is 9.60. The Morgan fingerprint density at radius 1 is 1.38 bits per heavy atom. The van der Waals surface area contributed by atoms with E-state index in [1.54, 1.807) is 0 Å². The zero-order chi connectivity index (χ0) is 11.4. The minimum absolute atomic E-state index is 0.132. The lowest BCUT2D eigenvalue weighted by Gasteiger charge is -2.29. The highest BCUT2D eigenvalue weighted by molar-refractivity contribution is 5.78. The van der Waals surface area contributed by atoms with Crippen LogP contribution in [-0.2, 0) is 9.53 Å². The standard InChI is InChI=1S/C11H20N2O3/c14-6-3-13(10-1-2-10)9-11(15)12-4-7-16-8-5-12/h10,14H,1-9H2. The molecule has 1 aliphatic carbocycles. The average molecular weight is 228 g/mol. The molecule has 0 radical (unpaired) electrons. The van der Waals surface area contributed by atoms with E-state index in [0.717, 1.165) is 12.8 Å². The molecule has 0 aromatic rings. The number of carbonyl (C=O) groups is 1. The summed E-state index contributed by atoms with van der Waals surface area (Å²) in [7, 11) is 0. The van der Waals surface area contributed by atoms with Gasteiger partial charge in [0.05, 0.1) is 26.4 Å². The quantitative estimate of drug-likeness (QED) is 0.676. The van der Waals surface area contributed by atoms with Crippen molar-refractivity contribution in [2.24, 2.45) is 0 Å². The fourth-order valence-electron chi connectivity index (χ4n) is 2.05. The molecule has 0 bridgehead atoms. The minimum atomic E-state index is 0.132. The summed E-state index contributed by atoms with van der Waals surface area (Å²) >= 11 is 0. The van der Waals surface area contributed by atoms with E-state index in [1.165, 1.54) is 0 Å². The average Bonchev–Trinajstić information content (AvgIpc) is 3.13. The van der Waals surface area contributed by atoms with Crippen LogP contribution in [0.5, 0.6) is 0 Å². The van der Waals surface area contributed by atoms with Crippen molar-refractivity contribution in [1.82, 2.24) is 9.80 Å². The summed E-state index contributed by atoms with van der Waals surface area (Å²) in [6.07, 6.45) is 2.33.